The predicted octanol–water partition coefficient (Wildman–Crippen LogP) is 3.16. The fraction of sp³-hybridized carbons (Fsp3) is 0.400. The molecule has 0 aliphatic heterocycles. The average molecular weight is 326 g/mol. The highest BCUT2D eigenvalue weighted by atomic mass is 16.3. The minimum absolute atomic E-state index is 0.0582. The first-order valence-corrected chi connectivity index (χ1v) is 8.30. The molecule has 0 saturated carbocycles. The molecule has 24 heavy (non-hydrogen) atoms. The van der Waals surface area contributed by atoms with Gasteiger partial charge in [-0.2, -0.15) is 0 Å². The lowest BCUT2D eigenvalue weighted by Gasteiger charge is -2.20. The van der Waals surface area contributed by atoms with E-state index < -0.39 is 6.10 Å². The zero-order chi connectivity index (χ0) is 17.6. The van der Waals surface area contributed by atoms with Gasteiger partial charge in [0.15, 0.2) is 0 Å². The maximum absolute atomic E-state index is 11.9. The molecule has 1 aromatic heterocycles. The van der Waals surface area contributed by atoms with Crippen LogP contribution < -0.4 is 5.32 Å². The topological polar surface area (TPSA) is 62.2 Å². The fourth-order valence-corrected chi connectivity index (χ4v) is 2.43. The van der Waals surface area contributed by atoms with Gasteiger partial charge < -0.3 is 10.4 Å². The number of carbonyl (C=O) groups is 1. The summed E-state index contributed by atoms with van der Waals surface area (Å²) in [4.78, 5) is 15.9. The highest BCUT2D eigenvalue weighted by molar-refractivity contribution is 5.76. The van der Waals surface area contributed by atoms with E-state index in [0.29, 0.717) is 12.8 Å². The van der Waals surface area contributed by atoms with Gasteiger partial charge in [-0.15, -0.1) is 0 Å². The van der Waals surface area contributed by atoms with E-state index >= 15 is 0 Å². The van der Waals surface area contributed by atoms with Gasteiger partial charge >= 0.3 is 0 Å². The van der Waals surface area contributed by atoms with Crippen molar-refractivity contribution >= 4 is 5.91 Å². The number of pyridine rings is 1. The number of hydrogen-bond acceptors (Lipinski definition) is 3. The zero-order valence-corrected chi connectivity index (χ0v) is 14.6. The summed E-state index contributed by atoms with van der Waals surface area (Å²) < 4.78 is 0. The van der Waals surface area contributed by atoms with Gasteiger partial charge in [-0.3, -0.25) is 9.78 Å². The number of aliphatic hydroxyl groups is 1. The van der Waals surface area contributed by atoms with E-state index in [-0.39, 0.29) is 17.9 Å². The third-order valence-corrected chi connectivity index (χ3v) is 4.04. The molecule has 0 fully saturated rings. The van der Waals surface area contributed by atoms with Gasteiger partial charge in [-0.1, -0.05) is 45.0 Å². The Bertz CT molecular complexity index is 646. The smallest absolute Gasteiger partial charge is 0.220 e. The molecule has 128 valence electrons. The van der Waals surface area contributed by atoms with E-state index in [0.717, 1.165) is 11.1 Å². The average Bonchev–Trinajstić information content (AvgIpc) is 2.58. The Morgan fingerprint density at radius 3 is 2.33 bits per heavy atom. The minimum Gasteiger partial charge on any atom is -0.387 e. The van der Waals surface area contributed by atoms with Crippen molar-refractivity contribution in [1.29, 1.82) is 0 Å². The highest BCUT2D eigenvalue weighted by Crippen LogP contribution is 2.23. The normalized spacial score (nSPS) is 12.7. The molecular formula is C20H26N2O2. The number of hydrogen-bond donors (Lipinski definition) is 2. The Morgan fingerprint density at radius 2 is 1.75 bits per heavy atom. The number of amides is 1. The molecule has 0 aliphatic rings. The van der Waals surface area contributed by atoms with Gasteiger partial charge in [0.05, 0.1) is 6.10 Å². The predicted molar refractivity (Wildman–Crippen MR) is 95.7 cm³/mol. The summed E-state index contributed by atoms with van der Waals surface area (Å²) in [5.41, 5.74) is 3.21. The molecule has 0 radical (unpaired) electrons. The Labute approximate surface area is 143 Å². The molecule has 1 amide bonds. The van der Waals surface area contributed by atoms with E-state index in [2.05, 4.69) is 31.1 Å². The lowest BCUT2D eigenvalue weighted by Crippen LogP contribution is -2.28. The number of aliphatic hydroxyl groups excluding tert-OH is 1. The summed E-state index contributed by atoms with van der Waals surface area (Å²) in [5.74, 6) is -0.0582. The van der Waals surface area contributed by atoms with E-state index in [9.17, 15) is 9.90 Å². The summed E-state index contributed by atoms with van der Waals surface area (Å²) in [6.45, 7) is 6.69. The molecule has 4 heteroatoms. The number of benzene rings is 1. The Kier molecular flexibility index (Phi) is 6.10. The molecule has 0 unspecified atom stereocenters. The summed E-state index contributed by atoms with van der Waals surface area (Å²) >= 11 is 0. The number of nitrogens with zero attached hydrogens (tertiary/aromatic N) is 1. The number of aryl methyl sites for hydroxylation is 1. The molecule has 2 rings (SSSR count). The molecule has 2 aromatic rings. The number of nitrogens with one attached hydrogen (secondary N) is 1. The molecule has 0 spiro atoms. The maximum Gasteiger partial charge on any atom is 0.220 e. The van der Waals surface area contributed by atoms with Gasteiger partial charge in [0, 0.05) is 25.4 Å². The van der Waals surface area contributed by atoms with Crippen LogP contribution in [-0.4, -0.2) is 22.5 Å². The maximum atomic E-state index is 11.9. The summed E-state index contributed by atoms with van der Waals surface area (Å²) in [7, 11) is 0. The largest absolute Gasteiger partial charge is 0.387 e. The van der Waals surface area contributed by atoms with Crippen LogP contribution in [0.2, 0.25) is 0 Å². The lowest BCUT2D eigenvalue weighted by molar-refractivity contribution is -0.121. The third kappa shape index (κ3) is 5.46. The van der Waals surface area contributed by atoms with Crippen LogP contribution >= 0.6 is 0 Å². The Morgan fingerprint density at radius 1 is 1.12 bits per heavy atom. The molecule has 1 heterocycles. The quantitative estimate of drug-likeness (QED) is 0.857. The van der Waals surface area contributed by atoms with Gasteiger partial charge in [-0.25, -0.2) is 0 Å². The Balaban J connectivity index is 1.80. The first-order valence-electron chi connectivity index (χ1n) is 8.30. The van der Waals surface area contributed by atoms with Crippen molar-refractivity contribution < 1.29 is 9.90 Å². The second-order valence-electron chi connectivity index (χ2n) is 7.05. The van der Waals surface area contributed by atoms with Crippen molar-refractivity contribution in [2.45, 2.75) is 45.1 Å². The summed E-state index contributed by atoms with van der Waals surface area (Å²) in [5, 5.41) is 13.0. The third-order valence-electron chi connectivity index (χ3n) is 4.04. The van der Waals surface area contributed by atoms with Crippen LogP contribution in [0.3, 0.4) is 0 Å². The molecule has 4 nitrogen and oxygen atoms in total. The van der Waals surface area contributed by atoms with E-state index in [4.69, 9.17) is 0 Å². The zero-order valence-electron chi connectivity index (χ0n) is 14.6. The molecule has 1 aromatic carbocycles. The van der Waals surface area contributed by atoms with Crippen molar-refractivity contribution in [2.24, 2.45) is 0 Å². The van der Waals surface area contributed by atoms with Crippen molar-refractivity contribution in [1.82, 2.24) is 10.3 Å². The minimum atomic E-state index is -0.691. The SMILES string of the molecule is CC(C)(C)c1ccc([C@H](O)CNC(=O)CCc2ccncc2)cc1. The highest BCUT2D eigenvalue weighted by Gasteiger charge is 2.15. The van der Waals surface area contributed by atoms with Crippen molar-refractivity contribution in [3.8, 4) is 0 Å². The number of rotatable bonds is 6. The molecule has 0 saturated heterocycles. The van der Waals surface area contributed by atoms with Crippen molar-refractivity contribution in [3.05, 3.63) is 65.5 Å². The van der Waals surface area contributed by atoms with Crippen LogP contribution in [0.1, 0.15) is 50.0 Å². The second-order valence-corrected chi connectivity index (χ2v) is 7.05. The van der Waals surface area contributed by atoms with Crippen molar-refractivity contribution in [3.63, 3.8) is 0 Å². The van der Waals surface area contributed by atoms with Crippen LogP contribution in [0.5, 0.6) is 0 Å². The van der Waals surface area contributed by atoms with Crippen molar-refractivity contribution in [2.75, 3.05) is 6.54 Å². The summed E-state index contributed by atoms with van der Waals surface area (Å²) in [6.07, 6.45) is 3.82. The van der Waals surface area contributed by atoms with E-state index in [1.807, 2.05) is 36.4 Å². The van der Waals surface area contributed by atoms with Crippen LogP contribution in [0.25, 0.3) is 0 Å². The fourth-order valence-electron chi connectivity index (χ4n) is 2.43. The van der Waals surface area contributed by atoms with Gasteiger partial charge in [0.2, 0.25) is 5.91 Å². The molecule has 2 N–H and O–H groups in total. The standard InChI is InChI=1S/C20H26N2O2/c1-20(2,3)17-7-5-16(6-8-17)18(23)14-22-19(24)9-4-15-10-12-21-13-11-15/h5-8,10-13,18,23H,4,9,14H2,1-3H3,(H,22,24)/t18-/m1/s1. The van der Waals surface area contributed by atoms with Gasteiger partial charge in [0.1, 0.15) is 0 Å². The molecule has 0 bridgehead atoms. The first kappa shape index (κ1) is 18.1. The number of aromatic nitrogens is 1. The Hall–Kier alpha value is -2.20. The van der Waals surface area contributed by atoms with Crippen LogP contribution in [0.15, 0.2) is 48.8 Å². The van der Waals surface area contributed by atoms with Crippen LogP contribution in [0, 0.1) is 0 Å². The van der Waals surface area contributed by atoms with E-state index in [1.165, 1.54) is 5.56 Å². The lowest BCUT2D eigenvalue weighted by atomic mass is 9.86. The van der Waals surface area contributed by atoms with E-state index in [1.54, 1.807) is 12.4 Å². The molecule has 1 atom stereocenters. The number of carbonyl (C=O) groups excluding carboxylic acids is 1. The molecule has 0 aliphatic carbocycles. The summed E-state index contributed by atoms with van der Waals surface area (Å²) in [6, 6.07) is 11.7. The first-order chi connectivity index (χ1) is 11.4. The van der Waals surface area contributed by atoms with Gasteiger partial charge in [0.25, 0.3) is 0 Å². The van der Waals surface area contributed by atoms with Gasteiger partial charge in [-0.05, 0) is 40.7 Å². The molecular weight excluding hydrogens is 300 g/mol. The van der Waals surface area contributed by atoms with Crippen LogP contribution in [0.4, 0.5) is 0 Å². The monoisotopic (exact) mass is 326 g/mol. The second kappa shape index (κ2) is 8.06. The van der Waals surface area contributed by atoms with Crippen LogP contribution in [-0.2, 0) is 16.6 Å².